The van der Waals surface area contributed by atoms with Gasteiger partial charge in [0, 0.05) is 5.69 Å². The van der Waals surface area contributed by atoms with Gasteiger partial charge in [0.2, 0.25) is 5.91 Å². The van der Waals surface area contributed by atoms with Crippen molar-refractivity contribution in [1.29, 1.82) is 0 Å². The van der Waals surface area contributed by atoms with Gasteiger partial charge in [-0.2, -0.15) is 0 Å². The monoisotopic (exact) mass is 358 g/mol. The maximum absolute atomic E-state index is 13.0. The van der Waals surface area contributed by atoms with Gasteiger partial charge in [-0.3, -0.25) is 4.79 Å². The molecule has 1 atom stereocenters. The molecule has 0 radical (unpaired) electrons. The van der Waals surface area contributed by atoms with Crippen molar-refractivity contribution in [2.24, 2.45) is 0 Å². The van der Waals surface area contributed by atoms with Gasteiger partial charge in [-0.25, -0.2) is 0 Å². The van der Waals surface area contributed by atoms with Gasteiger partial charge in [-0.15, -0.1) is 12.4 Å². The Bertz CT molecular complexity index is 753. The number of benzene rings is 2. The van der Waals surface area contributed by atoms with Crippen LogP contribution in [0.5, 0.6) is 0 Å². The van der Waals surface area contributed by atoms with Crippen LogP contribution in [-0.4, -0.2) is 5.91 Å². The van der Waals surface area contributed by atoms with E-state index < -0.39 is 5.41 Å². The Labute approximate surface area is 156 Å². The lowest BCUT2D eigenvalue weighted by Gasteiger charge is -2.31. The second kappa shape index (κ2) is 7.49. The number of hydrogen-bond acceptors (Lipinski definition) is 2. The molecule has 4 heteroatoms. The zero-order valence-electron chi connectivity index (χ0n) is 15.1. The number of aryl methyl sites for hydroxylation is 2. The van der Waals surface area contributed by atoms with Crippen LogP contribution >= 0.6 is 12.4 Å². The topological polar surface area (TPSA) is 55.1 Å². The van der Waals surface area contributed by atoms with Crippen LogP contribution in [0.25, 0.3) is 0 Å². The molecule has 0 spiro atoms. The van der Waals surface area contributed by atoms with Crippen molar-refractivity contribution < 1.29 is 4.79 Å². The average Bonchev–Trinajstić information content (AvgIpc) is 2.55. The van der Waals surface area contributed by atoms with Crippen molar-refractivity contribution in [3.8, 4) is 0 Å². The molecule has 0 heterocycles. The Morgan fingerprint density at radius 3 is 2.52 bits per heavy atom. The highest BCUT2D eigenvalue weighted by Gasteiger charge is 2.32. The standard InChI is InChI=1S/C21H26N2O.ClH/c1-14-7-9-16(10-8-14)21(2,3)20(24)23-19-6-4-5-15-13-17(22)11-12-18(15)19;/h7-13,19H,4-6,22H2,1-3H3,(H,23,24);1H. The highest BCUT2D eigenvalue weighted by Crippen LogP contribution is 2.32. The summed E-state index contributed by atoms with van der Waals surface area (Å²) < 4.78 is 0. The predicted molar refractivity (Wildman–Crippen MR) is 106 cm³/mol. The van der Waals surface area contributed by atoms with Crippen LogP contribution in [0, 0.1) is 6.92 Å². The Morgan fingerprint density at radius 1 is 1.16 bits per heavy atom. The lowest BCUT2D eigenvalue weighted by molar-refractivity contribution is -0.126. The van der Waals surface area contributed by atoms with E-state index in [1.54, 1.807) is 0 Å². The number of hydrogen-bond donors (Lipinski definition) is 2. The van der Waals surface area contributed by atoms with E-state index in [0.717, 1.165) is 30.5 Å². The van der Waals surface area contributed by atoms with Gasteiger partial charge in [0.05, 0.1) is 11.5 Å². The highest BCUT2D eigenvalue weighted by molar-refractivity contribution is 5.87. The van der Waals surface area contributed by atoms with E-state index in [0.29, 0.717) is 0 Å². The van der Waals surface area contributed by atoms with E-state index in [1.165, 1.54) is 16.7 Å². The van der Waals surface area contributed by atoms with Crippen molar-refractivity contribution in [3.05, 3.63) is 64.7 Å². The van der Waals surface area contributed by atoms with Crippen LogP contribution in [0.2, 0.25) is 0 Å². The molecule has 25 heavy (non-hydrogen) atoms. The third-order valence-electron chi connectivity index (χ3n) is 5.13. The molecule has 1 aliphatic rings. The van der Waals surface area contributed by atoms with E-state index in [9.17, 15) is 4.79 Å². The fourth-order valence-electron chi connectivity index (χ4n) is 3.42. The Morgan fingerprint density at radius 2 is 1.84 bits per heavy atom. The zero-order chi connectivity index (χ0) is 17.3. The van der Waals surface area contributed by atoms with Crippen molar-refractivity contribution in [2.45, 2.75) is 51.5 Å². The van der Waals surface area contributed by atoms with Crippen LogP contribution in [0.3, 0.4) is 0 Å². The summed E-state index contributed by atoms with van der Waals surface area (Å²) in [5.41, 5.74) is 10.9. The Balaban J connectivity index is 0.00000225. The summed E-state index contributed by atoms with van der Waals surface area (Å²) in [4.78, 5) is 13.0. The molecule has 0 aromatic heterocycles. The number of carbonyl (C=O) groups is 1. The summed E-state index contributed by atoms with van der Waals surface area (Å²) in [5.74, 6) is 0.0704. The van der Waals surface area contributed by atoms with Gasteiger partial charge in [0.15, 0.2) is 0 Å². The first-order valence-corrected chi connectivity index (χ1v) is 8.64. The lowest BCUT2D eigenvalue weighted by Crippen LogP contribution is -2.42. The van der Waals surface area contributed by atoms with Crippen molar-refractivity contribution in [2.75, 3.05) is 5.73 Å². The average molecular weight is 359 g/mol. The number of rotatable bonds is 3. The summed E-state index contributed by atoms with van der Waals surface area (Å²) in [5, 5.41) is 3.27. The van der Waals surface area contributed by atoms with Gasteiger partial charge in [0.1, 0.15) is 0 Å². The number of carbonyl (C=O) groups excluding carboxylic acids is 1. The molecule has 3 N–H and O–H groups in total. The van der Waals surface area contributed by atoms with Gasteiger partial charge in [-0.05, 0) is 68.9 Å². The molecule has 0 fully saturated rings. The number of halogens is 1. The molecule has 2 aromatic rings. The molecule has 1 unspecified atom stereocenters. The zero-order valence-corrected chi connectivity index (χ0v) is 16.0. The molecule has 134 valence electrons. The quantitative estimate of drug-likeness (QED) is 0.795. The first-order valence-electron chi connectivity index (χ1n) is 8.64. The van der Waals surface area contributed by atoms with Crippen LogP contribution in [0.15, 0.2) is 42.5 Å². The first kappa shape index (κ1) is 19.3. The Hall–Kier alpha value is -2.00. The molecule has 0 saturated heterocycles. The number of nitrogens with two attached hydrogens (primary N) is 1. The minimum Gasteiger partial charge on any atom is -0.399 e. The molecule has 0 aliphatic heterocycles. The fraction of sp³-hybridized carbons (Fsp3) is 0.381. The summed E-state index contributed by atoms with van der Waals surface area (Å²) in [7, 11) is 0. The van der Waals surface area contributed by atoms with E-state index in [-0.39, 0.29) is 24.4 Å². The third-order valence-corrected chi connectivity index (χ3v) is 5.13. The molecule has 1 amide bonds. The second-order valence-corrected chi connectivity index (χ2v) is 7.37. The van der Waals surface area contributed by atoms with Crippen LogP contribution in [0.1, 0.15) is 55.0 Å². The second-order valence-electron chi connectivity index (χ2n) is 7.37. The maximum Gasteiger partial charge on any atom is 0.230 e. The largest absolute Gasteiger partial charge is 0.399 e. The van der Waals surface area contributed by atoms with Crippen LogP contribution < -0.4 is 11.1 Å². The molecular weight excluding hydrogens is 332 g/mol. The molecule has 2 aromatic carbocycles. The molecule has 3 rings (SSSR count). The number of nitrogen functional groups attached to an aromatic ring is 1. The van der Waals surface area contributed by atoms with Gasteiger partial charge < -0.3 is 11.1 Å². The van der Waals surface area contributed by atoms with Gasteiger partial charge >= 0.3 is 0 Å². The smallest absolute Gasteiger partial charge is 0.230 e. The molecule has 0 saturated carbocycles. The van der Waals surface area contributed by atoms with Crippen LogP contribution in [0.4, 0.5) is 5.69 Å². The third kappa shape index (κ3) is 3.98. The summed E-state index contributed by atoms with van der Waals surface area (Å²) in [6, 6.07) is 14.3. The number of nitrogens with one attached hydrogen (secondary N) is 1. The summed E-state index contributed by atoms with van der Waals surface area (Å²) >= 11 is 0. The van der Waals surface area contributed by atoms with Crippen molar-refractivity contribution in [1.82, 2.24) is 5.32 Å². The molecule has 3 nitrogen and oxygen atoms in total. The normalized spacial score (nSPS) is 16.5. The van der Waals surface area contributed by atoms with Gasteiger partial charge in [0.25, 0.3) is 0 Å². The summed E-state index contributed by atoms with van der Waals surface area (Å²) in [6.07, 6.45) is 3.09. The predicted octanol–water partition coefficient (Wildman–Crippen LogP) is 4.47. The Kier molecular flexibility index (Phi) is 5.79. The maximum atomic E-state index is 13.0. The molecular formula is C21H27ClN2O. The number of anilines is 1. The van der Waals surface area contributed by atoms with Crippen molar-refractivity contribution in [3.63, 3.8) is 0 Å². The van der Waals surface area contributed by atoms with E-state index in [1.807, 2.05) is 38.1 Å². The minimum absolute atomic E-state index is 0. The highest BCUT2D eigenvalue weighted by atomic mass is 35.5. The summed E-state index contributed by atoms with van der Waals surface area (Å²) in [6.45, 7) is 6.03. The van der Waals surface area contributed by atoms with E-state index in [4.69, 9.17) is 5.73 Å². The minimum atomic E-state index is -0.556. The van der Waals surface area contributed by atoms with Gasteiger partial charge in [-0.1, -0.05) is 35.9 Å². The lowest BCUT2D eigenvalue weighted by atomic mass is 9.81. The number of amides is 1. The molecule has 1 aliphatic carbocycles. The first-order chi connectivity index (χ1) is 11.4. The fourth-order valence-corrected chi connectivity index (χ4v) is 3.42. The SMILES string of the molecule is Cc1ccc(C(C)(C)C(=O)NC2CCCc3cc(N)ccc32)cc1.Cl. The van der Waals surface area contributed by atoms with E-state index >= 15 is 0 Å². The number of fused-ring (bicyclic) bond motifs is 1. The van der Waals surface area contributed by atoms with Crippen LogP contribution in [-0.2, 0) is 16.6 Å². The van der Waals surface area contributed by atoms with E-state index in [2.05, 4.69) is 30.4 Å². The van der Waals surface area contributed by atoms with Crippen molar-refractivity contribution >= 4 is 24.0 Å². The molecule has 0 bridgehead atoms.